The summed E-state index contributed by atoms with van der Waals surface area (Å²) in [7, 11) is 0. The topological polar surface area (TPSA) is 55.1 Å². The standard InChI is InChI=1S/C15H14F2N2O/c1-9-5-6-10(7-13(9)17)14(15(18)20)19-12-4-2-3-11(16)8-12/h2-8,14,19H,1H3,(H2,18,20). The van der Waals surface area contributed by atoms with E-state index < -0.39 is 23.6 Å². The number of nitrogens with two attached hydrogens (primary N) is 1. The summed E-state index contributed by atoms with van der Waals surface area (Å²) in [6.45, 7) is 1.62. The monoisotopic (exact) mass is 276 g/mol. The highest BCUT2D eigenvalue weighted by Crippen LogP contribution is 2.22. The zero-order valence-corrected chi connectivity index (χ0v) is 10.9. The van der Waals surface area contributed by atoms with Crippen molar-refractivity contribution in [3.05, 3.63) is 65.2 Å². The molecule has 5 heteroatoms. The van der Waals surface area contributed by atoms with Gasteiger partial charge >= 0.3 is 0 Å². The van der Waals surface area contributed by atoms with E-state index in [4.69, 9.17) is 5.73 Å². The van der Waals surface area contributed by atoms with Crippen molar-refractivity contribution in [2.24, 2.45) is 5.73 Å². The van der Waals surface area contributed by atoms with Gasteiger partial charge in [0.25, 0.3) is 0 Å². The normalized spacial score (nSPS) is 11.9. The molecule has 3 N–H and O–H groups in total. The van der Waals surface area contributed by atoms with Crippen molar-refractivity contribution >= 4 is 11.6 Å². The Bertz CT molecular complexity index is 644. The molecule has 3 nitrogen and oxygen atoms in total. The highest BCUT2D eigenvalue weighted by molar-refractivity contribution is 5.84. The van der Waals surface area contributed by atoms with Crippen molar-refractivity contribution in [1.29, 1.82) is 0 Å². The van der Waals surface area contributed by atoms with Crippen LogP contribution in [0, 0.1) is 18.6 Å². The number of rotatable bonds is 4. The number of halogens is 2. The summed E-state index contributed by atoms with van der Waals surface area (Å²) < 4.78 is 26.7. The predicted octanol–water partition coefficient (Wildman–Crippen LogP) is 2.91. The van der Waals surface area contributed by atoms with E-state index in [-0.39, 0.29) is 0 Å². The van der Waals surface area contributed by atoms with E-state index in [1.165, 1.54) is 24.3 Å². The minimum absolute atomic E-state index is 0.393. The third-order valence-electron chi connectivity index (χ3n) is 2.95. The lowest BCUT2D eigenvalue weighted by Gasteiger charge is -2.17. The molecule has 0 aliphatic heterocycles. The van der Waals surface area contributed by atoms with Gasteiger partial charge in [-0.2, -0.15) is 0 Å². The summed E-state index contributed by atoms with van der Waals surface area (Å²) in [6.07, 6.45) is 0. The van der Waals surface area contributed by atoms with Gasteiger partial charge in [-0.1, -0.05) is 18.2 Å². The molecule has 0 bridgehead atoms. The first-order valence-electron chi connectivity index (χ1n) is 6.05. The second kappa shape index (κ2) is 5.69. The lowest BCUT2D eigenvalue weighted by Crippen LogP contribution is -2.27. The van der Waals surface area contributed by atoms with Crippen molar-refractivity contribution in [1.82, 2.24) is 0 Å². The maximum Gasteiger partial charge on any atom is 0.244 e. The Morgan fingerprint density at radius 2 is 1.95 bits per heavy atom. The number of carbonyl (C=O) groups is 1. The van der Waals surface area contributed by atoms with Gasteiger partial charge in [-0.15, -0.1) is 0 Å². The Morgan fingerprint density at radius 1 is 1.20 bits per heavy atom. The van der Waals surface area contributed by atoms with Gasteiger partial charge in [0.05, 0.1) is 0 Å². The van der Waals surface area contributed by atoms with Gasteiger partial charge in [-0.3, -0.25) is 4.79 Å². The van der Waals surface area contributed by atoms with Crippen LogP contribution in [0.25, 0.3) is 0 Å². The first kappa shape index (κ1) is 14.0. The fourth-order valence-electron chi connectivity index (χ4n) is 1.85. The van der Waals surface area contributed by atoms with Gasteiger partial charge in [0.2, 0.25) is 5.91 Å². The van der Waals surface area contributed by atoms with Crippen molar-refractivity contribution in [2.45, 2.75) is 13.0 Å². The molecule has 1 unspecified atom stereocenters. The maximum atomic E-state index is 13.6. The van der Waals surface area contributed by atoms with Gasteiger partial charge in [0, 0.05) is 5.69 Å². The Kier molecular flexibility index (Phi) is 3.98. The van der Waals surface area contributed by atoms with Crippen LogP contribution in [0.4, 0.5) is 14.5 Å². The summed E-state index contributed by atoms with van der Waals surface area (Å²) in [6, 6.07) is 9.13. The summed E-state index contributed by atoms with van der Waals surface area (Å²) >= 11 is 0. The molecule has 1 atom stereocenters. The quantitative estimate of drug-likeness (QED) is 0.902. The number of carbonyl (C=O) groups excluding carboxylic acids is 1. The van der Waals surface area contributed by atoms with Gasteiger partial charge in [-0.05, 0) is 42.3 Å². The second-order valence-corrected chi connectivity index (χ2v) is 4.50. The zero-order valence-electron chi connectivity index (χ0n) is 10.9. The van der Waals surface area contributed by atoms with Crippen LogP contribution in [0.15, 0.2) is 42.5 Å². The molecule has 0 aromatic heterocycles. The predicted molar refractivity (Wildman–Crippen MR) is 73.1 cm³/mol. The molecular formula is C15H14F2N2O. The third-order valence-corrected chi connectivity index (χ3v) is 2.95. The lowest BCUT2D eigenvalue weighted by molar-refractivity contribution is -0.118. The van der Waals surface area contributed by atoms with Crippen molar-refractivity contribution in [2.75, 3.05) is 5.32 Å². The largest absolute Gasteiger partial charge is 0.370 e. The van der Waals surface area contributed by atoms with Crippen molar-refractivity contribution < 1.29 is 13.6 Å². The molecule has 2 rings (SSSR count). The number of primary amides is 1. The van der Waals surface area contributed by atoms with Crippen LogP contribution in [0.2, 0.25) is 0 Å². The minimum atomic E-state index is -0.924. The molecule has 1 amide bonds. The molecule has 20 heavy (non-hydrogen) atoms. The summed E-state index contributed by atoms with van der Waals surface area (Å²) in [5, 5.41) is 2.80. The van der Waals surface area contributed by atoms with Gasteiger partial charge in [-0.25, -0.2) is 8.78 Å². The number of aryl methyl sites for hydroxylation is 1. The molecule has 2 aromatic carbocycles. The molecule has 0 aliphatic rings. The molecule has 0 saturated carbocycles. The molecule has 0 aliphatic carbocycles. The molecule has 0 saturated heterocycles. The van der Waals surface area contributed by atoms with E-state index in [0.717, 1.165) is 0 Å². The summed E-state index contributed by atoms with van der Waals surface area (Å²) in [5.74, 6) is -1.53. The number of amides is 1. The van der Waals surface area contributed by atoms with E-state index >= 15 is 0 Å². The Balaban J connectivity index is 2.32. The molecule has 2 aromatic rings. The van der Waals surface area contributed by atoms with E-state index in [9.17, 15) is 13.6 Å². The Hall–Kier alpha value is -2.43. The molecule has 0 spiro atoms. The third kappa shape index (κ3) is 3.12. The molecule has 0 radical (unpaired) electrons. The van der Waals surface area contributed by atoms with E-state index in [1.807, 2.05) is 0 Å². The van der Waals surface area contributed by atoms with Crippen molar-refractivity contribution in [3.63, 3.8) is 0 Å². The maximum absolute atomic E-state index is 13.6. The zero-order chi connectivity index (χ0) is 14.7. The second-order valence-electron chi connectivity index (χ2n) is 4.50. The Morgan fingerprint density at radius 3 is 2.55 bits per heavy atom. The molecule has 104 valence electrons. The van der Waals surface area contributed by atoms with Crippen LogP contribution >= 0.6 is 0 Å². The molecule has 0 heterocycles. The van der Waals surface area contributed by atoms with Crippen LogP contribution < -0.4 is 11.1 Å². The van der Waals surface area contributed by atoms with Gasteiger partial charge < -0.3 is 11.1 Å². The fraction of sp³-hybridized carbons (Fsp3) is 0.133. The number of hydrogen-bond donors (Lipinski definition) is 2. The van der Waals surface area contributed by atoms with E-state index in [0.29, 0.717) is 16.8 Å². The number of hydrogen-bond acceptors (Lipinski definition) is 2. The smallest absolute Gasteiger partial charge is 0.244 e. The van der Waals surface area contributed by atoms with Crippen LogP contribution in [-0.2, 0) is 4.79 Å². The van der Waals surface area contributed by atoms with Gasteiger partial charge in [0.1, 0.15) is 17.7 Å². The van der Waals surface area contributed by atoms with E-state index in [2.05, 4.69) is 5.32 Å². The molecule has 0 fully saturated rings. The fourth-order valence-corrected chi connectivity index (χ4v) is 1.85. The average Bonchev–Trinajstić information content (AvgIpc) is 2.39. The first-order valence-corrected chi connectivity index (χ1v) is 6.05. The summed E-state index contributed by atoms with van der Waals surface area (Å²) in [4.78, 5) is 11.5. The van der Waals surface area contributed by atoms with Crippen LogP contribution in [0.1, 0.15) is 17.2 Å². The molecular weight excluding hydrogens is 262 g/mol. The number of benzene rings is 2. The number of nitrogens with one attached hydrogen (secondary N) is 1. The van der Waals surface area contributed by atoms with Crippen molar-refractivity contribution in [3.8, 4) is 0 Å². The Labute approximate surface area is 115 Å². The lowest BCUT2D eigenvalue weighted by atomic mass is 10.0. The van der Waals surface area contributed by atoms with Gasteiger partial charge in [0.15, 0.2) is 0 Å². The van der Waals surface area contributed by atoms with Crippen LogP contribution in [0.3, 0.4) is 0 Å². The van der Waals surface area contributed by atoms with Crippen LogP contribution in [-0.4, -0.2) is 5.91 Å². The summed E-state index contributed by atoms with van der Waals surface area (Å²) in [5.41, 5.74) is 6.59. The van der Waals surface area contributed by atoms with E-state index in [1.54, 1.807) is 25.1 Å². The highest BCUT2D eigenvalue weighted by Gasteiger charge is 2.18. The SMILES string of the molecule is Cc1ccc(C(Nc2cccc(F)c2)C(N)=O)cc1F. The number of anilines is 1. The first-order chi connectivity index (χ1) is 9.47. The highest BCUT2D eigenvalue weighted by atomic mass is 19.1. The minimum Gasteiger partial charge on any atom is -0.370 e. The van der Waals surface area contributed by atoms with Crippen LogP contribution in [0.5, 0.6) is 0 Å². The average molecular weight is 276 g/mol.